The van der Waals surface area contributed by atoms with E-state index in [9.17, 15) is 9.59 Å². The van der Waals surface area contributed by atoms with Crippen LogP contribution in [0.2, 0.25) is 15.1 Å². The molecule has 0 aliphatic rings. The van der Waals surface area contributed by atoms with Crippen molar-refractivity contribution >= 4 is 52.4 Å². The van der Waals surface area contributed by atoms with Crippen LogP contribution < -0.4 is 10.1 Å². The minimum atomic E-state index is -1.08. The maximum atomic E-state index is 12.3. The van der Waals surface area contributed by atoms with Gasteiger partial charge in [-0.2, -0.15) is 0 Å². The Bertz CT molecular complexity index is 810. The third-order valence-electron chi connectivity index (χ3n) is 3.24. The number of rotatable bonds is 5. The van der Waals surface area contributed by atoms with Crippen molar-refractivity contribution in [3.8, 4) is 5.75 Å². The van der Waals surface area contributed by atoms with Gasteiger partial charge in [-0.15, -0.1) is 0 Å². The molecule has 0 heterocycles. The van der Waals surface area contributed by atoms with Crippen LogP contribution >= 0.6 is 34.8 Å². The summed E-state index contributed by atoms with van der Waals surface area (Å²) < 4.78 is 10.3. The highest BCUT2D eigenvalue weighted by Gasteiger charge is 2.22. The molecule has 0 aliphatic carbocycles. The third-order valence-corrected chi connectivity index (χ3v) is 4.30. The van der Waals surface area contributed by atoms with Gasteiger partial charge in [-0.3, -0.25) is 4.79 Å². The van der Waals surface area contributed by atoms with Crippen molar-refractivity contribution in [1.82, 2.24) is 0 Å². The molecule has 8 heteroatoms. The molecule has 1 N–H and O–H groups in total. The molecular weight excluding hydrogens is 389 g/mol. The van der Waals surface area contributed by atoms with Crippen molar-refractivity contribution in [2.75, 3.05) is 12.4 Å². The summed E-state index contributed by atoms with van der Waals surface area (Å²) in [7, 11) is 1.46. The van der Waals surface area contributed by atoms with Gasteiger partial charge in [-0.1, -0.05) is 40.9 Å². The zero-order chi connectivity index (χ0) is 18.6. The number of hydrogen-bond acceptors (Lipinski definition) is 4. The lowest BCUT2D eigenvalue weighted by molar-refractivity contribution is -0.123. The highest BCUT2D eigenvalue weighted by atomic mass is 35.5. The fourth-order valence-corrected chi connectivity index (χ4v) is 2.50. The van der Waals surface area contributed by atoms with E-state index >= 15 is 0 Å². The molecule has 5 nitrogen and oxygen atoms in total. The number of nitrogens with one attached hydrogen (secondary N) is 1. The molecule has 1 amide bonds. The van der Waals surface area contributed by atoms with Gasteiger partial charge in [0.25, 0.3) is 5.91 Å². The van der Waals surface area contributed by atoms with Gasteiger partial charge in [0.05, 0.1) is 28.4 Å². The van der Waals surface area contributed by atoms with E-state index in [2.05, 4.69) is 5.32 Å². The lowest BCUT2D eigenvalue weighted by Crippen LogP contribution is -2.30. The number of anilines is 1. The molecule has 2 aromatic carbocycles. The van der Waals surface area contributed by atoms with Crippen LogP contribution in [-0.2, 0) is 9.53 Å². The van der Waals surface area contributed by atoms with Crippen LogP contribution in [0.1, 0.15) is 17.3 Å². The SMILES string of the molecule is COc1ccc(Cl)cc1NC(=O)[C@@H](C)OC(=O)c1cccc(Cl)c1Cl. The first-order chi connectivity index (χ1) is 11.8. The number of amides is 1. The minimum Gasteiger partial charge on any atom is -0.495 e. The fraction of sp³-hybridized carbons (Fsp3) is 0.176. The Morgan fingerprint density at radius 1 is 1.12 bits per heavy atom. The van der Waals surface area contributed by atoms with Crippen molar-refractivity contribution in [3.05, 3.63) is 57.0 Å². The molecule has 0 saturated carbocycles. The van der Waals surface area contributed by atoms with Crippen LogP contribution in [0.5, 0.6) is 5.75 Å². The predicted octanol–water partition coefficient (Wildman–Crippen LogP) is 4.84. The van der Waals surface area contributed by atoms with Crippen LogP contribution in [0, 0.1) is 0 Å². The van der Waals surface area contributed by atoms with Crippen LogP contribution in [0.15, 0.2) is 36.4 Å². The number of hydrogen-bond donors (Lipinski definition) is 1. The van der Waals surface area contributed by atoms with E-state index in [0.29, 0.717) is 16.5 Å². The average Bonchev–Trinajstić information content (AvgIpc) is 2.57. The molecule has 0 fully saturated rings. The Morgan fingerprint density at radius 2 is 1.84 bits per heavy atom. The molecule has 1 atom stereocenters. The molecule has 25 heavy (non-hydrogen) atoms. The fourth-order valence-electron chi connectivity index (χ4n) is 1.95. The molecule has 0 bridgehead atoms. The van der Waals surface area contributed by atoms with Crippen LogP contribution in [0.4, 0.5) is 5.69 Å². The second-order valence-corrected chi connectivity index (χ2v) is 6.20. The zero-order valence-electron chi connectivity index (χ0n) is 13.3. The summed E-state index contributed by atoms with van der Waals surface area (Å²) in [4.78, 5) is 24.4. The van der Waals surface area contributed by atoms with E-state index in [4.69, 9.17) is 44.3 Å². The minimum absolute atomic E-state index is 0.0679. The summed E-state index contributed by atoms with van der Waals surface area (Å²) in [6, 6.07) is 9.33. The second kappa shape index (κ2) is 8.43. The molecule has 2 rings (SSSR count). The van der Waals surface area contributed by atoms with E-state index in [1.165, 1.54) is 26.2 Å². The van der Waals surface area contributed by atoms with Gasteiger partial charge in [0.2, 0.25) is 0 Å². The number of esters is 1. The van der Waals surface area contributed by atoms with Gasteiger partial charge in [-0.25, -0.2) is 4.79 Å². The van der Waals surface area contributed by atoms with E-state index in [-0.39, 0.29) is 15.6 Å². The summed E-state index contributed by atoms with van der Waals surface area (Å²) in [5, 5.41) is 3.31. The summed E-state index contributed by atoms with van der Waals surface area (Å²) in [5.41, 5.74) is 0.442. The van der Waals surface area contributed by atoms with Gasteiger partial charge < -0.3 is 14.8 Å². The maximum Gasteiger partial charge on any atom is 0.340 e. The maximum absolute atomic E-state index is 12.3. The molecule has 0 aromatic heterocycles. The lowest BCUT2D eigenvalue weighted by Gasteiger charge is -2.16. The zero-order valence-corrected chi connectivity index (χ0v) is 15.6. The molecule has 0 spiro atoms. The van der Waals surface area contributed by atoms with Crippen molar-refractivity contribution in [3.63, 3.8) is 0 Å². The first-order valence-electron chi connectivity index (χ1n) is 7.13. The number of halogens is 3. The first kappa shape index (κ1) is 19.4. The van der Waals surface area contributed by atoms with Gasteiger partial charge in [0.15, 0.2) is 6.10 Å². The Morgan fingerprint density at radius 3 is 2.52 bits per heavy atom. The van der Waals surface area contributed by atoms with Crippen molar-refractivity contribution in [2.24, 2.45) is 0 Å². The van der Waals surface area contributed by atoms with Crippen molar-refractivity contribution in [1.29, 1.82) is 0 Å². The van der Waals surface area contributed by atoms with Crippen LogP contribution in [0.25, 0.3) is 0 Å². The average molecular weight is 403 g/mol. The number of ether oxygens (including phenoxy) is 2. The molecule has 0 aliphatic heterocycles. The molecule has 0 unspecified atom stereocenters. The second-order valence-electron chi connectivity index (χ2n) is 4.98. The van der Waals surface area contributed by atoms with E-state index in [0.717, 1.165) is 0 Å². The normalized spacial score (nSPS) is 11.6. The quantitative estimate of drug-likeness (QED) is 0.727. The van der Waals surface area contributed by atoms with Crippen molar-refractivity contribution in [2.45, 2.75) is 13.0 Å². The lowest BCUT2D eigenvalue weighted by atomic mass is 10.2. The Hall–Kier alpha value is -1.95. The first-order valence-corrected chi connectivity index (χ1v) is 8.26. The van der Waals surface area contributed by atoms with Gasteiger partial charge >= 0.3 is 5.97 Å². The monoisotopic (exact) mass is 401 g/mol. The molecule has 132 valence electrons. The summed E-state index contributed by atoms with van der Waals surface area (Å²) in [6.45, 7) is 1.43. The standard InChI is InChI=1S/C17H14Cl3NO4/c1-9(25-17(23)11-4-3-5-12(19)15(11)20)16(22)21-13-8-10(18)6-7-14(13)24-2/h3-9H,1-2H3,(H,21,22)/t9-/m1/s1. The number of methoxy groups -OCH3 is 1. The topological polar surface area (TPSA) is 64.6 Å². The van der Waals surface area contributed by atoms with Crippen LogP contribution in [0.3, 0.4) is 0 Å². The molecule has 0 saturated heterocycles. The number of benzene rings is 2. The number of carbonyl (C=O) groups is 2. The van der Waals surface area contributed by atoms with E-state index in [1.54, 1.807) is 24.3 Å². The highest BCUT2D eigenvalue weighted by molar-refractivity contribution is 6.43. The van der Waals surface area contributed by atoms with Gasteiger partial charge in [0, 0.05) is 5.02 Å². The molecule has 2 aromatic rings. The highest BCUT2D eigenvalue weighted by Crippen LogP contribution is 2.28. The van der Waals surface area contributed by atoms with Crippen molar-refractivity contribution < 1.29 is 19.1 Å². The van der Waals surface area contributed by atoms with E-state index < -0.39 is 18.0 Å². The molecule has 0 radical (unpaired) electrons. The van der Waals surface area contributed by atoms with Gasteiger partial charge in [0.1, 0.15) is 5.75 Å². The van der Waals surface area contributed by atoms with Gasteiger partial charge in [-0.05, 0) is 37.3 Å². The summed E-state index contributed by atoms with van der Waals surface area (Å²) in [5.74, 6) is -0.880. The number of carbonyl (C=O) groups excluding carboxylic acids is 2. The predicted molar refractivity (Wildman–Crippen MR) is 98.0 cm³/mol. The Labute approximate surface area is 159 Å². The largest absolute Gasteiger partial charge is 0.495 e. The Kier molecular flexibility index (Phi) is 6.53. The smallest absolute Gasteiger partial charge is 0.340 e. The molecular formula is C17H14Cl3NO4. The summed E-state index contributed by atoms with van der Waals surface area (Å²) >= 11 is 17.8. The van der Waals surface area contributed by atoms with E-state index in [1.807, 2.05) is 0 Å². The van der Waals surface area contributed by atoms with Crippen LogP contribution in [-0.4, -0.2) is 25.1 Å². The third kappa shape index (κ3) is 4.78. The Balaban J connectivity index is 2.09. The summed E-state index contributed by atoms with van der Waals surface area (Å²) in [6.07, 6.45) is -1.08.